The van der Waals surface area contributed by atoms with E-state index < -0.39 is 10.0 Å². The van der Waals surface area contributed by atoms with Gasteiger partial charge in [-0.3, -0.25) is 14.0 Å². The second-order valence-corrected chi connectivity index (χ2v) is 10.0. The van der Waals surface area contributed by atoms with Crippen molar-refractivity contribution in [3.63, 3.8) is 0 Å². The summed E-state index contributed by atoms with van der Waals surface area (Å²) in [6.07, 6.45) is 2.40. The molecule has 0 aromatic heterocycles. The van der Waals surface area contributed by atoms with E-state index in [-0.39, 0.29) is 16.8 Å². The van der Waals surface area contributed by atoms with E-state index in [1.807, 2.05) is 0 Å². The highest BCUT2D eigenvalue weighted by molar-refractivity contribution is 7.92. The number of aryl methyl sites for hydroxylation is 1. The van der Waals surface area contributed by atoms with E-state index in [0.717, 1.165) is 5.56 Å². The Labute approximate surface area is 185 Å². The number of likely N-dealkylation sites (N-methyl/N-ethyl adjacent to an activating group) is 1. The maximum atomic E-state index is 13.3. The minimum atomic E-state index is -3.88. The molecule has 1 N–H and O–H groups in total. The van der Waals surface area contributed by atoms with Crippen LogP contribution in [0.1, 0.15) is 35.7 Å². The molecule has 1 aliphatic carbocycles. The summed E-state index contributed by atoms with van der Waals surface area (Å²) in [7, 11) is 1.16. The summed E-state index contributed by atoms with van der Waals surface area (Å²) in [5.74, 6) is 0.179. The highest BCUT2D eigenvalue weighted by Gasteiger charge is 2.29. The summed E-state index contributed by atoms with van der Waals surface area (Å²) < 4.78 is 33.0. The number of anilines is 1. The lowest BCUT2D eigenvalue weighted by atomic mass is 10.1. The Morgan fingerprint density at radius 3 is 2.52 bits per heavy atom. The van der Waals surface area contributed by atoms with Crippen LogP contribution < -0.4 is 14.4 Å². The Morgan fingerprint density at radius 1 is 1.19 bits per heavy atom. The van der Waals surface area contributed by atoms with Crippen LogP contribution in [0.25, 0.3) is 0 Å². The first-order chi connectivity index (χ1) is 14.7. The Bertz CT molecular complexity index is 1050. The molecule has 31 heavy (non-hydrogen) atoms. The molecule has 1 saturated carbocycles. The lowest BCUT2D eigenvalue weighted by Gasteiger charge is -2.25. The summed E-state index contributed by atoms with van der Waals surface area (Å²) in [5.41, 5.74) is 1.50. The van der Waals surface area contributed by atoms with Crippen LogP contribution >= 0.6 is 0 Å². The van der Waals surface area contributed by atoms with Crippen molar-refractivity contribution in [2.75, 3.05) is 32.1 Å². The molecule has 1 unspecified atom stereocenters. The van der Waals surface area contributed by atoms with E-state index in [1.165, 1.54) is 43.4 Å². The molecule has 8 heteroatoms. The fourth-order valence-corrected chi connectivity index (χ4v) is 4.74. The zero-order valence-electron chi connectivity index (χ0n) is 18.8. The van der Waals surface area contributed by atoms with E-state index in [0.29, 0.717) is 29.6 Å². The minimum Gasteiger partial charge on any atom is -0.495 e. The standard InChI is InChI=1S/C23H31N3O4S/c1-16-10-13-19(31(28,29)26(4)21-8-6-7-9-22(21)30-5)14-20(16)23(27)24-15-17(2)25(3)18-11-12-18/h6-10,13-14,17-18H,11-12,15H2,1-5H3,(H,24,27). The maximum Gasteiger partial charge on any atom is 0.264 e. The molecule has 2 aromatic carbocycles. The quantitative estimate of drug-likeness (QED) is 0.642. The third kappa shape index (κ3) is 5.02. The molecule has 0 spiro atoms. The fraction of sp³-hybridized carbons (Fsp3) is 0.435. The Kier molecular flexibility index (Phi) is 6.91. The zero-order valence-corrected chi connectivity index (χ0v) is 19.6. The highest BCUT2D eigenvalue weighted by atomic mass is 32.2. The second kappa shape index (κ2) is 9.28. The van der Waals surface area contributed by atoms with E-state index in [9.17, 15) is 13.2 Å². The largest absolute Gasteiger partial charge is 0.495 e. The number of carbonyl (C=O) groups is 1. The maximum absolute atomic E-state index is 13.3. The molecule has 0 aliphatic heterocycles. The summed E-state index contributed by atoms with van der Waals surface area (Å²) in [6, 6.07) is 12.4. The third-order valence-corrected chi connectivity index (χ3v) is 7.68. The van der Waals surface area contributed by atoms with E-state index >= 15 is 0 Å². The van der Waals surface area contributed by atoms with Crippen molar-refractivity contribution in [3.8, 4) is 5.75 Å². The molecule has 3 rings (SSSR count). The monoisotopic (exact) mass is 445 g/mol. The van der Waals surface area contributed by atoms with Gasteiger partial charge in [0.15, 0.2) is 0 Å². The van der Waals surface area contributed by atoms with Crippen LogP contribution in [0, 0.1) is 6.92 Å². The normalized spacial score (nSPS) is 14.9. The molecular formula is C23H31N3O4S. The summed E-state index contributed by atoms with van der Waals surface area (Å²) in [6.45, 7) is 4.38. The molecule has 1 aliphatic rings. The van der Waals surface area contributed by atoms with Crippen molar-refractivity contribution in [1.82, 2.24) is 10.2 Å². The van der Waals surface area contributed by atoms with Gasteiger partial charge in [0.2, 0.25) is 0 Å². The Hall–Kier alpha value is -2.58. The van der Waals surface area contributed by atoms with Crippen molar-refractivity contribution in [2.24, 2.45) is 0 Å². The van der Waals surface area contributed by atoms with Gasteiger partial charge in [0, 0.05) is 31.2 Å². The third-order valence-electron chi connectivity index (χ3n) is 5.91. The van der Waals surface area contributed by atoms with Crippen molar-refractivity contribution in [3.05, 3.63) is 53.6 Å². The topological polar surface area (TPSA) is 78.9 Å². The number of hydrogen-bond donors (Lipinski definition) is 1. The van der Waals surface area contributed by atoms with Gasteiger partial charge in [-0.25, -0.2) is 8.42 Å². The number of ether oxygens (including phenoxy) is 1. The first-order valence-corrected chi connectivity index (χ1v) is 11.8. The van der Waals surface area contributed by atoms with Gasteiger partial charge in [-0.15, -0.1) is 0 Å². The van der Waals surface area contributed by atoms with Crippen molar-refractivity contribution >= 4 is 21.6 Å². The number of amides is 1. The number of nitrogens with one attached hydrogen (secondary N) is 1. The number of para-hydroxylation sites is 2. The van der Waals surface area contributed by atoms with Gasteiger partial charge < -0.3 is 10.1 Å². The van der Waals surface area contributed by atoms with E-state index in [1.54, 1.807) is 37.3 Å². The highest BCUT2D eigenvalue weighted by Crippen LogP contribution is 2.31. The van der Waals surface area contributed by atoms with Gasteiger partial charge >= 0.3 is 0 Å². The molecule has 0 radical (unpaired) electrons. The number of benzene rings is 2. The lowest BCUT2D eigenvalue weighted by Crippen LogP contribution is -2.41. The predicted octanol–water partition coefficient (Wildman–Crippen LogP) is 3.04. The molecule has 0 saturated heterocycles. The smallest absolute Gasteiger partial charge is 0.264 e. The molecule has 1 atom stereocenters. The van der Waals surface area contributed by atoms with Gasteiger partial charge in [-0.1, -0.05) is 18.2 Å². The minimum absolute atomic E-state index is 0.0554. The molecule has 2 aromatic rings. The number of sulfonamides is 1. The van der Waals surface area contributed by atoms with Gasteiger partial charge in [-0.05, 0) is 63.6 Å². The van der Waals surface area contributed by atoms with Crippen LogP contribution in [0.2, 0.25) is 0 Å². The molecule has 7 nitrogen and oxygen atoms in total. The first kappa shape index (κ1) is 23.1. The Morgan fingerprint density at radius 2 is 1.87 bits per heavy atom. The average molecular weight is 446 g/mol. The van der Waals surface area contributed by atoms with Crippen LogP contribution in [-0.4, -0.2) is 59.1 Å². The number of nitrogens with zero attached hydrogens (tertiary/aromatic N) is 2. The summed E-state index contributed by atoms with van der Waals surface area (Å²) >= 11 is 0. The number of rotatable bonds is 9. The molecule has 1 fully saturated rings. The molecule has 168 valence electrons. The van der Waals surface area contributed by atoms with E-state index in [2.05, 4.69) is 24.2 Å². The van der Waals surface area contributed by atoms with Crippen LogP contribution in [0.5, 0.6) is 5.75 Å². The van der Waals surface area contributed by atoms with Gasteiger partial charge in [-0.2, -0.15) is 0 Å². The summed E-state index contributed by atoms with van der Waals surface area (Å²) in [4.78, 5) is 15.2. The summed E-state index contributed by atoms with van der Waals surface area (Å²) in [5, 5.41) is 2.95. The van der Waals surface area contributed by atoms with E-state index in [4.69, 9.17) is 4.74 Å². The van der Waals surface area contributed by atoms with Crippen LogP contribution in [0.3, 0.4) is 0 Å². The number of carbonyl (C=O) groups excluding carboxylic acids is 1. The molecule has 0 heterocycles. The van der Waals surface area contributed by atoms with Gasteiger partial charge in [0.25, 0.3) is 15.9 Å². The predicted molar refractivity (Wildman–Crippen MR) is 122 cm³/mol. The fourth-order valence-electron chi connectivity index (χ4n) is 3.51. The molecule has 1 amide bonds. The first-order valence-electron chi connectivity index (χ1n) is 10.4. The van der Waals surface area contributed by atoms with Crippen molar-refractivity contribution < 1.29 is 17.9 Å². The zero-order chi connectivity index (χ0) is 22.8. The SMILES string of the molecule is COc1ccccc1N(C)S(=O)(=O)c1ccc(C)c(C(=O)NCC(C)N(C)C2CC2)c1. The van der Waals surface area contributed by atoms with Crippen LogP contribution in [0.4, 0.5) is 5.69 Å². The van der Waals surface area contributed by atoms with Gasteiger partial charge in [0.05, 0.1) is 17.7 Å². The van der Waals surface area contributed by atoms with Gasteiger partial charge in [0.1, 0.15) is 5.75 Å². The lowest BCUT2D eigenvalue weighted by molar-refractivity contribution is 0.0938. The molecule has 0 bridgehead atoms. The van der Waals surface area contributed by atoms with Crippen LogP contribution in [0.15, 0.2) is 47.4 Å². The van der Waals surface area contributed by atoms with Crippen LogP contribution in [-0.2, 0) is 10.0 Å². The van der Waals surface area contributed by atoms with Crippen molar-refractivity contribution in [2.45, 2.75) is 43.7 Å². The number of methoxy groups -OCH3 is 1. The molecular weight excluding hydrogens is 414 g/mol. The Balaban J connectivity index is 1.81. The average Bonchev–Trinajstić information content (AvgIpc) is 3.61. The second-order valence-electron chi connectivity index (χ2n) is 8.08. The van der Waals surface area contributed by atoms with Crippen molar-refractivity contribution in [1.29, 1.82) is 0 Å². The number of hydrogen-bond acceptors (Lipinski definition) is 5.